The molecule has 0 unspecified atom stereocenters. The maximum atomic E-state index is 12.5. The number of hydrogen-bond donors (Lipinski definition) is 1. The van der Waals surface area contributed by atoms with Gasteiger partial charge in [0.15, 0.2) is 0 Å². The second kappa shape index (κ2) is 10.6. The molecular formula is C22H22N2O5S. The first-order chi connectivity index (χ1) is 14.6. The molecule has 0 aromatic heterocycles. The maximum absolute atomic E-state index is 12.5. The number of methoxy groups -OCH3 is 1. The molecule has 3 rings (SSSR count). The summed E-state index contributed by atoms with van der Waals surface area (Å²) in [6, 6.07) is 16.2. The van der Waals surface area contributed by atoms with Gasteiger partial charge in [-0.05, 0) is 35.5 Å². The van der Waals surface area contributed by atoms with Crippen molar-refractivity contribution in [1.82, 2.24) is 10.2 Å². The van der Waals surface area contributed by atoms with Gasteiger partial charge in [0, 0.05) is 20.2 Å². The summed E-state index contributed by atoms with van der Waals surface area (Å²) in [7, 11) is 1.57. The molecule has 0 bridgehead atoms. The zero-order valence-electron chi connectivity index (χ0n) is 16.5. The van der Waals surface area contributed by atoms with Gasteiger partial charge in [0.1, 0.15) is 12.4 Å². The molecule has 0 radical (unpaired) electrons. The number of nitrogens with one attached hydrogen (secondary N) is 1. The summed E-state index contributed by atoms with van der Waals surface area (Å²) in [6.07, 6.45) is 1.69. The Hall–Kier alpha value is -3.10. The fourth-order valence-corrected chi connectivity index (χ4v) is 3.65. The summed E-state index contributed by atoms with van der Waals surface area (Å²) < 4.78 is 10.5. The minimum absolute atomic E-state index is 0.0925. The van der Waals surface area contributed by atoms with E-state index >= 15 is 0 Å². The van der Waals surface area contributed by atoms with Crippen molar-refractivity contribution in [2.45, 2.75) is 0 Å². The van der Waals surface area contributed by atoms with E-state index in [0.29, 0.717) is 29.4 Å². The van der Waals surface area contributed by atoms with Crippen LogP contribution in [-0.2, 0) is 9.53 Å². The Morgan fingerprint density at radius 2 is 1.80 bits per heavy atom. The molecule has 30 heavy (non-hydrogen) atoms. The normalized spacial score (nSPS) is 15.0. The van der Waals surface area contributed by atoms with Gasteiger partial charge in [0.2, 0.25) is 0 Å². The number of rotatable bonds is 9. The molecule has 0 aliphatic carbocycles. The summed E-state index contributed by atoms with van der Waals surface area (Å²) in [4.78, 5) is 38.8. The van der Waals surface area contributed by atoms with Crippen molar-refractivity contribution < 1.29 is 23.9 Å². The predicted octanol–water partition coefficient (Wildman–Crippen LogP) is 3.18. The number of ether oxygens (including phenoxy) is 2. The molecule has 1 saturated heterocycles. The molecule has 2 aromatic carbocycles. The van der Waals surface area contributed by atoms with Crippen molar-refractivity contribution in [3.8, 4) is 5.75 Å². The Labute approximate surface area is 179 Å². The molecule has 2 aromatic rings. The monoisotopic (exact) mass is 426 g/mol. The lowest BCUT2D eigenvalue weighted by molar-refractivity contribution is -0.122. The van der Waals surface area contributed by atoms with Gasteiger partial charge in [-0.3, -0.25) is 19.3 Å². The zero-order valence-corrected chi connectivity index (χ0v) is 17.3. The summed E-state index contributed by atoms with van der Waals surface area (Å²) in [5.74, 6) is -0.245. The van der Waals surface area contributed by atoms with E-state index in [9.17, 15) is 14.4 Å². The molecule has 1 fully saturated rings. The SMILES string of the molecule is COCCOc1ccccc1C(=O)NCCN1C(=O)S/C(=C/c2ccccc2)C1=O. The van der Waals surface area contributed by atoms with Crippen molar-refractivity contribution in [1.29, 1.82) is 0 Å². The van der Waals surface area contributed by atoms with Gasteiger partial charge in [-0.2, -0.15) is 0 Å². The lowest BCUT2D eigenvalue weighted by atomic mass is 10.2. The molecule has 0 spiro atoms. The lowest BCUT2D eigenvalue weighted by Crippen LogP contribution is -2.37. The molecule has 1 aliphatic heterocycles. The molecule has 8 heteroatoms. The van der Waals surface area contributed by atoms with Gasteiger partial charge in [-0.1, -0.05) is 42.5 Å². The Kier molecular flexibility index (Phi) is 7.64. The van der Waals surface area contributed by atoms with Gasteiger partial charge in [0.05, 0.1) is 17.1 Å². The highest BCUT2D eigenvalue weighted by atomic mass is 32.2. The zero-order chi connectivity index (χ0) is 21.3. The van der Waals surface area contributed by atoms with E-state index in [0.717, 1.165) is 22.2 Å². The number of carbonyl (C=O) groups is 3. The van der Waals surface area contributed by atoms with E-state index in [2.05, 4.69) is 5.32 Å². The van der Waals surface area contributed by atoms with Crippen molar-refractivity contribution in [3.63, 3.8) is 0 Å². The molecule has 0 saturated carbocycles. The first-order valence-corrected chi connectivity index (χ1v) is 10.2. The van der Waals surface area contributed by atoms with Gasteiger partial charge < -0.3 is 14.8 Å². The lowest BCUT2D eigenvalue weighted by Gasteiger charge is -2.14. The quantitative estimate of drug-likeness (QED) is 0.490. The fraction of sp³-hybridized carbons (Fsp3) is 0.227. The molecule has 7 nitrogen and oxygen atoms in total. The number of nitrogens with zero attached hydrogens (tertiary/aromatic N) is 1. The molecule has 156 valence electrons. The molecule has 1 aliphatic rings. The van der Waals surface area contributed by atoms with E-state index in [1.807, 2.05) is 30.3 Å². The van der Waals surface area contributed by atoms with Crippen LogP contribution in [0.15, 0.2) is 59.5 Å². The third-order valence-corrected chi connectivity index (χ3v) is 5.18. The first kappa shape index (κ1) is 21.6. The van der Waals surface area contributed by atoms with Gasteiger partial charge in [-0.25, -0.2) is 0 Å². The second-order valence-corrected chi connectivity index (χ2v) is 7.33. The third kappa shape index (κ3) is 5.49. The van der Waals surface area contributed by atoms with Crippen LogP contribution in [0.4, 0.5) is 4.79 Å². The molecule has 0 atom stereocenters. The van der Waals surface area contributed by atoms with Crippen molar-refractivity contribution >= 4 is 34.9 Å². The second-order valence-electron chi connectivity index (χ2n) is 6.34. The highest BCUT2D eigenvalue weighted by Crippen LogP contribution is 2.31. The van der Waals surface area contributed by atoms with Crippen molar-refractivity contribution in [2.75, 3.05) is 33.4 Å². The summed E-state index contributed by atoms with van der Waals surface area (Å²) in [6.45, 7) is 0.966. The van der Waals surface area contributed by atoms with Crippen LogP contribution >= 0.6 is 11.8 Å². The number of carbonyl (C=O) groups excluding carboxylic acids is 3. The number of thioether (sulfide) groups is 1. The smallest absolute Gasteiger partial charge is 0.293 e. The largest absolute Gasteiger partial charge is 0.490 e. The van der Waals surface area contributed by atoms with Gasteiger partial charge >= 0.3 is 0 Å². The molecule has 3 amide bonds. The average Bonchev–Trinajstić information content (AvgIpc) is 3.02. The average molecular weight is 426 g/mol. The van der Waals surface area contributed by atoms with Crippen molar-refractivity contribution in [2.24, 2.45) is 0 Å². The summed E-state index contributed by atoms with van der Waals surface area (Å²) in [5.41, 5.74) is 1.23. The van der Waals surface area contributed by atoms with Gasteiger partial charge in [0.25, 0.3) is 17.1 Å². The Morgan fingerprint density at radius 3 is 2.57 bits per heavy atom. The van der Waals surface area contributed by atoms with E-state index in [-0.39, 0.29) is 30.1 Å². The number of imide groups is 1. The number of benzene rings is 2. The predicted molar refractivity (Wildman–Crippen MR) is 115 cm³/mol. The first-order valence-electron chi connectivity index (χ1n) is 9.39. The van der Waals surface area contributed by atoms with E-state index in [1.165, 1.54) is 0 Å². The van der Waals surface area contributed by atoms with Crippen LogP contribution in [0.1, 0.15) is 15.9 Å². The van der Waals surface area contributed by atoms with Crippen LogP contribution in [0.3, 0.4) is 0 Å². The van der Waals surface area contributed by atoms with Crippen LogP contribution < -0.4 is 10.1 Å². The van der Waals surface area contributed by atoms with Crippen LogP contribution in [0.2, 0.25) is 0 Å². The van der Waals surface area contributed by atoms with Crippen LogP contribution in [0, 0.1) is 0 Å². The number of amides is 3. The molecule has 1 heterocycles. The Balaban J connectivity index is 1.56. The van der Waals surface area contributed by atoms with Crippen LogP contribution in [0.5, 0.6) is 5.75 Å². The fourth-order valence-electron chi connectivity index (χ4n) is 2.78. The van der Waals surface area contributed by atoms with E-state index in [4.69, 9.17) is 9.47 Å². The van der Waals surface area contributed by atoms with Crippen LogP contribution in [-0.4, -0.2) is 55.4 Å². The van der Waals surface area contributed by atoms with E-state index in [1.54, 1.807) is 37.5 Å². The number of hydrogen-bond acceptors (Lipinski definition) is 6. The highest BCUT2D eigenvalue weighted by Gasteiger charge is 2.34. The Bertz CT molecular complexity index is 946. The molecular weight excluding hydrogens is 404 g/mol. The van der Waals surface area contributed by atoms with Gasteiger partial charge in [-0.15, -0.1) is 0 Å². The minimum atomic E-state index is -0.355. The molecule has 1 N–H and O–H groups in total. The summed E-state index contributed by atoms with van der Waals surface area (Å²) >= 11 is 0.899. The topological polar surface area (TPSA) is 84.9 Å². The highest BCUT2D eigenvalue weighted by molar-refractivity contribution is 8.18. The number of para-hydroxylation sites is 1. The van der Waals surface area contributed by atoms with Crippen molar-refractivity contribution in [3.05, 3.63) is 70.6 Å². The Morgan fingerprint density at radius 1 is 1.07 bits per heavy atom. The summed E-state index contributed by atoms with van der Waals surface area (Å²) in [5, 5.41) is 2.39. The van der Waals surface area contributed by atoms with E-state index < -0.39 is 0 Å². The maximum Gasteiger partial charge on any atom is 0.293 e. The third-order valence-electron chi connectivity index (χ3n) is 4.27. The minimum Gasteiger partial charge on any atom is -0.490 e. The standard InChI is InChI=1S/C22H22N2O5S/c1-28-13-14-29-18-10-6-5-9-17(18)20(25)23-11-12-24-21(26)19(30-22(24)27)15-16-7-3-2-4-8-16/h2-10,15H,11-14H2,1H3,(H,23,25)/b19-15+. The van der Waals surface area contributed by atoms with Crippen LogP contribution in [0.25, 0.3) is 6.08 Å².